The molecule has 1 aromatic heterocycles. The lowest BCUT2D eigenvalue weighted by Crippen LogP contribution is -2.40. The molecule has 0 radical (unpaired) electrons. The maximum absolute atomic E-state index is 11.9. The van der Waals surface area contributed by atoms with Gasteiger partial charge in [-0.15, -0.1) is 0 Å². The molecule has 1 atom stereocenters. The predicted molar refractivity (Wildman–Crippen MR) is 73.0 cm³/mol. The van der Waals surface area contributed by atoms with Gasteiger partial charge >= 0.3 is 0 Å². The standard InChI is InChI=1S/C14H23N3O2/c1-10-12(11(2)17-16-10)5-6-13(18)15-9-14(3)7-4-8-19-14/h4-9H2,1-3H3,(H,15,18)(H,16,17)/t14-/m0/s1. The summed E-state index contributed by atoms with van der Waals surface area (Å²) in [6.45, 7) is 7.42. The van der Waals surface area contributed by atoms with Crippen LogP contribution in [0.15, 0.2) is 0 Å². The van der Waals surface area contributed by atoms with E-state index in [-0.39, 0.29) is 11.5 Å². The van der Waals surface area contributed by atoms with Crippen LogP contribution in [0.3, 0.4) is 0 Å². The van der Waals surface area contributed by atoms with Crippen LogP contribution in [0.1, 0.15) is 43.1 Å². The Bertz CT molecular complexity index is 428. The Hall–Kier alpha value is -1.36. The fourth-order valence-corrected chi connectivity index (χ4v) is 2.53. The molecule has 0 aliphatic carbocycles. The summed E-state index contributed by atoms with van der Waals surface area (Å²) in [4.78, 5) is 11.9. The van der Waals surface area contributed by atoms with Crippen LogP contribution in [-0.4, -0.2) is 34.9 Å². The molecule has 1 saturated heterocycles. The second-order valence-corrected chi connectivity index (χ2v) is 5.59. The van der Waals surface area contributed by atoms with Gasteiger partial charge < -0.3 is 10.1 Å². The van der Waals surface area contributed by atoms with Gasteiger partial charge in [-0.05, 0) is 45.6 Å². The van der Waals surface area contributed by atoms with E-state index in [9.17, 15) is 4.79 Å². The van der Waals surface area contributed by atoms with Crippen molar-refractivity contribution in [3.8, 4) is 0 Å². The second-order valence-electron chi connectivity index (χ2n) is 5.59. The molecule has 2 N–H and O–H groups in total. The topological polar surface area (TPSA) is 67.0 Å². The fraction of sp³-hybridized carbons (Fsp3) is 0.714. The lowest BCUT2D eigenvalue weighted by Gasteiger charge is -2.23. The van der Waals surface area contributed by atoms with E-state index in [1.54, 1.807) is 0 Å². The number of H-pyrrole nitrogens is 1. The number of carbonyl (C=O) groups is 1. The average molecular weight is 265 g/mol. The fourth-order valence-electron chi connectivity index (χ4n) is 2.53. The van der Waals surface area contributed by atoms with Gasteiger partial charge in [-0.1, -0.05) is 0 Å². The van der Waals surface area contributed by atoms with Crippen molar-refractivity contribution in [2.75, 3.05) is 13.2 Å². The lowest BCUT2D eigenvalue weighted by molar-refractivity contribution is -0.122. The highest BCUT2D eigenvalue weighted by Crippen LogP contribution is 2.23. The normalized spacial score (nSPS) is 22.7. The van der Waals surface area contributed by atoms with Gasteiger partial charge in [0.1, 0.15) is 0 Å². The average Bonchev–Trinajstić information content (AvgIpc) is 2.93. The van der Waals surface area contributed by atoms with E-state index in [0.717, 1.165) is 42.8 Å². The maximum atomic E-state index is 11.9. The Morgan fingerprint density at radius 2 is 2.32 bits per heavy atom. The summed E-state index contributed by atoms with van der Waals surface area (Å²) in [7, 11) is 0. The molecule has 0 spiro atoms. The van der Waals surface area contributed by atoms with Gasteiger partial charge in [0.2, 0.25) is 5.91 Å². The van der Waals surface area contributed by atoms with E-state index in [4.69, 9.17) is 4.74 Å². The molecular weight excluding hydrogens is 242 g/mol. The zero-order valence-corrected chi connectivity index (χ0v) is 12.0. The van der Waals surface area contributed by atoms with Crippen molar-refractivity contribution in [2.24, 2.45) is 0 Å². The van der Waals surface area contributed by atoms with Crippen molar-refractivity contribution in [1.82, 2.24) is 15.5 Å². The number of nitrogens with zero attached hydrogens (tertiary/aromatic N) is 1. The molecule has 0 saturated carbocycles. The Morgan fingerprint density at radius 3 is 2.89 bits per heavy atom. The molecule has 5 heteroatoms. The van der Waals surface area contributed by atoms with Crippen molar-refractivity contribution in [3.05, 3.63) is 17.0 Å². The highest BCUT2D eigenvalue weighted by atomic mass is 16.5. The highest BCUT2D eigenvalue weighted by molar-refractivity contribution is 5.76. The van der Waals surface area contributed by atoms with E-state index in [1.165, 1.54) is 0 Å². The lowest BCUT2D eigenvalue weighted by atomic mass is 10.0. The van der Waals surface area contributed by atoms with E-state index in [0.29, 0.717) is 13.0 Å². The molecule has 2 rings (SSSR count). The summed E-state index contributed by atoms with van der Waals surface area (Å²) in [5.41, 5.74) is 3.02. The minimum atomic E-state index is -0.170. The zero-order chi connectivity index (χ0) is 13.9. The SMILES string of the molecule is Cc1n[nH]c(C)c1CCC(=O)NC[C@]1(C)CCCO1. The Morgan fingerprint density at radius 1 is 1.53 bits per heavy atom. The van der Waals surface area contributed by atoms with Crippen molar-refractivity contribution in [1.29, 1.82) is 0 Å². The number of aromatic nitrogens is 2. The van der Waals surface area contributed by atoms with Gasteiger partial charge in [-0.3, -0.25) is 9.89 Å². The Balaban J connectivity index is 1.76. The minimum Gasteiger partial charge on any atom is -0.373 e. The summed E-state index contributed by atoms with van der Waals surface area (Å²) in [5, 5.41) is 10.1. The largest absolute Gasteiger partial charge is 0.373 e. The molecule has 0 aromatic carbocycles. The van der Waals surface area contributed by atoms with Crippen molar-refractivity contribution < 1.29 is 9.53 Å². The third kappa shape index (κ3) is 3.56. The van der Waals surface area contributed by atoms with Crippen LogP contribution in [0.5, 0.6) is 0 Å². The molecule has 19 heavy (non-hydrogen) atoms. The number of rotatable bonds is 5. The van der Waals surface area contributed by atoms with Crippen molar-refractivity contribution >= 4 is 5.91 Å². The smallest absolute Gasteiger partial charge is 0.220 e. The van der Waals surface area contributed by atoms with Crippen LogP contribution in [-0.2, 0) is 16.0 Å². The van der Waals surface area contributed by atoms with E-state index < -0.39 is 0 Å². The first-order valence-corrected chi connectivity index (χ1v) is 6.91. The predicted octanol–water partition coefficient (Wildman–Crippen LogP) is 1.64. The van der Waals surface area contributed by atoms with Gasteiger partial charge in [-0.25, -0.2) is 0 Å². The second kappa shape index (κ2) is 5.74. The van der Waals surface area contributed by atoms with Gasteiger partial charge in [0, 0.05) is 25.3 Å². The third-order valence-corrected chi connectivity index (χ3v) is 3.84. The van der Waals surface area contributed by atoms with E-state index in [1.807, 2.05) is 13.8 Å². The van der Waals surface area contributed by atoms with E-state index >= 15 is 0 Å². The van der Waals surface area contributed by atoms with Crippen LogP contribution in [0.2, 0.25) is 0 Å². The van der Waals surface area contributed by atoms with Crippen LogP contribution in [0.25, 0.3) is 0 Å². The number of nitrogens with one attached hydrogen (secondary N) is 2. The maximum Gasteiger partial charge on any atom is 0.220 e. The molecule has 0 bridgehead atoms. The molecule has 1 fully saturated rings. The number of hydrogen-bond donors (Lipinski definition) is 2. The van der Waals surface area contributed by atoms with Gasteiger partial charge in [0.05, 0.1) is 11.3 Å². The number of ether oxygens (including phenoxy) is 1. The van der Waals surface area contributed by atoms with Crippen molar-refractivity contribution in [2.45, 2.75) is 52.1 Å². The quantitative estimate of drug-likeness (QED) is 0.850. The first kappa shape index (κ1) is 14.1. The van der Waals surface area contributed by atoms with Crippen molar-refractivity contribution in [3.63, 3.8) is 0 Å². The molecule has 1 aromatic rings. The summed E-state index contributed by atoms with van der Waals surface area (Å²) in [6.07, 6.45) is 3.34. The van der Waals surface area contributed by atoms with Crippen LogP contribution in [0.4, 0.5) is 0 Å². The molecule has 1 aliphatic rings. The van der Waals surface area contributed by atoms with Crippen LogP contribution < -0.4 is 5.32 Å². The third-order valence-electron chi connectivity index (χ3n) is 3.84. The number of carbonyl (C=O) groups excluding carboxylic acids is 1. The molecule has 1 aliphatic heterocycles. The Labute approximate surface area is 114 Å². The Kier molecular flexibility index (Phi) is 4.24. The number of aryl methyl sites for hydroxylation is 2. The van der Waals surface area contributed by atoms with Crippen LogP contribution >= 0.6 is 0 Å². The summed E-state index contributed by atoms with van der Waals surface area (Å²) in [6, 6.07) is 0. The molecular formula is C14H23N3O2. The monoisotopic (exact) mass is 265 g/mol. The molecule has 5 nitrogen and oxygen atoms in total. The summed E-state index contributed by atoms with van der Waals surface area (Å²) >= 11 is 0. The summed E-state index contributed by atoms with van der Waals surface area (Å²) in [5.74, 6) is 0.0803. The van der Waals surface area contributed by atoms with Gasteiger partial charge in [0.15, 0.2) is 0 Å². The highest BCUT2D eigenvalue weighted by Gasteiger charge is 2.29. The molecule has 1 amide bonds. The summed E-state index contributed by atoms with van der Waals surface area (Å²) < 4.78 is 5.65. The van der Waals surface area contributed by atoms with Gasteiger partial charge in [-0.2, -0.15) is 5.10 Å². The molecule has 2 heterocycles. The molecule has 0 unspecified atom stereocenters. The minimum absolute atomic E-state index is 0.0803. The molecule has 106 valence electrons. The number of aromatic amines is 1. The van der Waals surface area contributed by atoms with Gasteiger partial charge in [0.25, 0.3) is 0 Å². The number of amides is 1. The first-order chi connectivity index (χ1) is 9.00. The first-order valence-electron chi connectivity index (χ1n) is 6.91. The number of hydrogen-bond acceptors (Lipinski definition) is 3. The van der Waals surface area contributed by atoms with E-state index in [2.05, 4.69) is 22.4 Å². The van der Waals surface area contributed by atoms with Crippen LogP contribution in [0, 0.1) is 13.8 Å². The zero-order valence-electron chi connectivity index (χ0n) is 12.0.